The van der Waals surface area contributed by atoms with Gasteiger partial charge in [0.2, 0.25) is 0 Å². The molecule has 0 heterocycles. The van der Waals surface area contributed by atoms with Crippen molar-refractivity contribution in [2.45, 2.75) is 44.2 Å². The molecule has 0 radical (unpaired) electrons. The normalized spacial score (nSPS) is 18.2. The van der Waals surface area contributed by atoms with E-state index in [9.17, 15) is 0 Å². The maximum absolute atomic E-state index is 6.14. The van der Waals surface area contributed by atoms with E-state index < -0.39 is 0 Å². The first-order valence-corrected chi connectivity index (χ1v) is 9.12. The largest absolute Gasteiger partial charge is 0.329 e. The van der Waals surface area contributed by atoms with Gasteiger partial charge in [0, 0.05) is 24.4 Å². The second-order valence-corrected chi connectivity index (χ2v) is 6.75. The van der Waals surface area contributed by atoms with Gasteiger partial charge in [0.25, 0.3) is 0 Å². The Kier molecular flexibility index (Phi) is 5.94. The average Bonchev–Trinajstić information content (AvgIpc) is 3.30. The molecule has 1 fully saturated rings. The van der Waals surface area contributed by atoms with Crippen LogP contribution in [0.3, 0.4) is 0 Å². The van der Waals surface area contributed by atoms with E-state index in [1.54, 1.807) is 0 Å². The molecule has 2 nitrogen and oxygen atoms in total. The molecule has 1 aliphatic rings. The molecule has 112 valence electrons. The van der Waals surface area contributed by atoms with Gasteiger partial charge in [-0.2, -0.15) is 11.8 Å². The summed E-state index contributed by atoms with van der Waals surface area (Å²) in [5.41, 5.74) is 9.13. The molecule has 1 aromatic rings. The second-order valence-electron chi connectivity index (χ2n) is 5.84. The summed E-state index contributed by atoms with van der Waals surface area (Å²) in [6.07, 6.45) is 6.06. The summed E-state index contributed by atoms with van der Waals surface area (Å²) < 4.78 is 0. The Hall–Kier alpha value is -0.510. The fourth-order valence-electron chi connectivity index (χ4n) is 3.06. The van der Waals surface area contributed by atoms with Crippen molar-refractivity contribution in [1.82, 2.24) is 4.90 Å². The second kappa shape index (κ2) is 7.48. The van der Waals surface area contributed by atoms with E-state index in [4.69, 9.17) is 5.73 Å². The highest BCUT2D eigenvalue weighted by molar-refractivity contribution is 7.98. The minimum atomic E-state index is 0.351. The molecular formula is C17H28N2S. The van der Waals surface area contributed by atoms with Crippen molar-refractivity contribution >= 4 is 11.8 Å². The summed E-state index contributed by atoms with van der Waals surface area (Å²) in [7, 11) is 2.24. The predicted molar refractivity (Wildman–Crippen MR) is 90.4 cm³/mol. The Morgan fingerprint density at radius 2 is 2.05 bits per heavy atom. The average molecular weight is 292 g/mol. The third kappa shape index (κ3) is 3.57. The van der Waals surface area contributed by atoms with Crippen LogP contribution in [0.2, 0.25) is 0 Å². The van der Waals surface area contributed by atoms with Crippen LogP contribution in [0, 0.1) is 0 Å². The highest BCUT2D eigenvalue weighted by Gasteiger charge is 2.30. The molecule has 1 saturated carbocycles. The number of thioether (sulfide) groups is 1. The predicted octanol–water partition coefficient (Wildman–Crippen LogP) is 3.64. The topological polar surface area (TPSA) is 29.3 Å². The van der Waals surface area contributed by atoms with Crippen LogP contribution in [-0.2, 0) is 0 Å². The minimum Gasteiger partial charge on any atom is -0.329 e. The number of benzene rings is 1. The third-order valence-corrected chi connectivity index (χ3v) is 5.21. The lowest BCUT2D eigenvalue weighted by atomic mass is 9.95. The Morgan fingerprint density at radius 1 is 1.35 bits per heavy atom. The van der Waals surface area contributed by atoms with Gasteiger partial charge in [0.15, 0.2) is 0 Å². The van der Waals surface area contributed by atoms with Crippen molar-refractivity contribution in [3.05, 3.63) is 35.4 Å². The first-order chi connectivity index (χ1) is 9.72. The highest BCUT2D eigenvalue weighted by Crippen LogP contribution is 2.43. The molecule has 3 heteroatoms. The van der Waals surface area contributed by atoms with Crippen LogP contribution < -0.4 is 5.73 Å². The van der Waals surface area contributed by atoms with Crippen LogP contribution in [0.15, 0.2) is 24.3 Å². The Balaban J connectivity index is 2.22. The van der Waals surface area contributed by atoms with E-state index in [1.807, 2.05) is 11.8 Å². The summed E-state index contributed by atoms with van der Waals surface area (Å²) in [5, 5.41) is 0. The number of hydrogen-bond donors (Lipinski definition) is 1. The molecule has 0 aromatic heterocycles. The maximum atomic E-state index is 6.14. The minimum absolute atomic E-state index is 0.351. The van der Waals surface area contributed by atoms with E-state index in [0.717, 1.165) is 5.92 Å². The van der Waals surface area contributed by atoms with Crippen molar-refractivity contribution < 1.29 is 0 Å². The summed E-state index contributed by atoms with van der Waals surface area (Å²) in [4.78, 5) is 2.50. The van der Waals surface area contributed by atoms with Crippen LogP contribution in [0.5, 0.6) is 0 Å². The highest BCUT2D eigenvalue weighted by atomic mass is 32.2. The molecule has 2 N–H and O–H groups in total. The van der Waals surface area contributed by atoms with Gasteiger partial charge in [0.1, 0.15) is 0 Å². The third-order valence-electron chi connectivity index (χ3n) is 4.49. The van der Waals surface area contributed by atoms with Crippen molar-refractivity contribution in [3.63, 3.8) is 0 Å². The van der Waals surface area contributed by atoms with Crippen LogP contribution in [0.4, 0.5) is 0 Å². The zero-order valence-electron chi connectivity index (χ0n) is 13.0. The quantitative estimate of drug-likeness (QED) is 0.793. The summed E-state index contributed by atoms with van der Waals surface area (Å²) in [5.74, 6) is 1.96. The van der Waals surface area contributed by atoms with E-state index in [2.05, 4.69) is 49.4 Å². The molecule has 0 bridgehead atoms. The lowest BCUT2D eigenvalue weighted by molar-refractivity contribution is 0.187. The fraction of sp³-hybridized carbons (Fsp3) is 0.647. The zero-order valence-corrected chi connectivity index (χ0v) is 13.8. The number of rotatable bonds is 8. The van der Waals surface area contributed by atoms with Gasteiger partial charge in [-0.3, -0.25) is 4.90 Å². The molecule has 2 rings (SSSR count). The molecule has 1 aliphatic carbocycles. The summed E-state index contributed by atoms with van der Waals surface area (Å²) in [6.45, 7) is 2.98. The van der Waals surface area contributed by atoms with Crippen molar-refractivity contribution in [3.8, 4) is 0 Å². The van der Waals surface area contributed by atoms with Crippen LogP contribution in [0.25, 0.3) is 0 Å². The van der Waals surface area contributed by atoms with Gasteiger partial charge in [-0.25, -0.2) is 0 Å². The molecular weight excluding hydrogens is 264 g/mol. The molecule has 0 saturated heterocycles. The number of hydrogen-bond acceptors (Lipinski definition) is 3. The van der Waals surface area contributed by atoms with E-state index >= 15 is 0 Å². The Labute approximate surface area is 128 Å². The zero-order chi connectivity index (χ0) is 14.5. The summed E-state index contributed by atoms with van der Waals surface area (Å²) >= 11 is 1.93. The molecule has 0 spiro atoms. The smallest absolute Gasteiger partial charge is 0.0473 e. The lowest BCUT2D eigenvalue weighted by Gasteiger charge is -2.35. The monoisotopic (exact) mass is 292 g/mol. The molecule has 2 unspecified atom stereocenters. The van der Waals surface area contributed by atoms with Crippen LogP contribution >= 0.6 is 11.8 Å². The SMILES string of the molecule is CCC(CSC)N(C)C(CN)c1ccccc1C1CC1. The van der Waals surface area contributed by atoms with Gasteiger partial charge in [-0.05, 0) is 49.6 Å². The Morgan fingerprint density at radius 3 is 2.60 bits per heavy atom. The lowest BCUT2D eigenvalue weighted by Crippen LogP contribution is -2.40. The van der Waals surface area contributed by atoms with Crippen LogP contribution in [0.1, 0.15) is 49.3 Å². The molecule has 0 aliphatic heterocycles. The molecule has 0 amide bonds. The van der Waals surface area contributed by atoms with Gasteiger partial charge < -0.3 is 5.73 Å². The summed E-state index contributed by atoms with van der Waals surface area (Å²) in [6, 6.07) is 9.87. The Bertz CT molecular complexity index is 417. The first-order valence-electron chi connectivity index (χ1n) is 7.72. The molecule has 2 atom stereocenters. The van der Waals surface area contributed by atoms with Crippen molar-refractivity contribution in [1.29, 1.82) is 0 Å². The van der Waals surface area contributed by atoms with E-state index in [1.165, 1.54) is 36.1 Å². The van der Waals surface area contributed by atoms with Crippen molar-refractivity contribution in [2.24, 2.45) is 5.73 Å². The van der Waals surface area contributed by atoms with E-state index in [0.29, 0.717) is 18.6 Å². The van der Waals surface area contributed by atoms with Gasteiger partial charge in [-0.15, -0.1) is 0 Å². The van der Waals surface area contributed by atoms with Gasteiger partial charge in [0.05, 0.1) is 0 Å². The fourth-order valence-corrected chi connectivity index (χ4v) is 3.92. The maximum Gasteiger partial charge on any atom is 0.0473 e. The molecule has 20 heavy (non-hydrogen) atoms. The first kappa shape index (κ1) is 15.9. The van der Waals surface area contributed by atoms with Crippen molar-refractivity contribution in [2.75, 3.05) is 25.6 Å². The standard InChI is InChI=1S/C17H28N2S/c1-4-14(12-20-3)19(2)17(11-18)16-8-6-5-7-15(16)13-9-10-13/h5-8,13-14,17H,4,9-12,18H2,1-3H3. The number of nitrogens with zero attached hydrogens (tertiary/aromatic N) is 1. The van der Waals surface area contributed by atoms with Gasteiger partial charge in [-0.1, -0.05) is 31.2 Å². The molecule has 1 aromatic carbocycles. The number of likely N-dealkylation sites (N-methyl/N-ethyl adjacent to an activating group) is 1. The van der Waals surface area contributed by atoms with Gasteiger partial charge >= 0.3 is 0 Å². The number of nitrogens with two attached hydrogens (primary N) is 1. The van der Waals surface area contributed by atoms with E-state index in [-0.39, 0.29) is 0 Å². The van der Waals surface area contributed by atoms with Crippen LogP contribution in [-0.4, -0.2) is 36.5 Å².